The number of rotatable bonds is 18. The normalized spacial score (nSPS) is 11.4. The van der Waals surface area contributed by atoms with Crippen LogP contribution in [0.1, 0.15) is 81.9 Å². The van der Waals surface area contributed by atoms with E-state index in [0.717, 1.165) is 46.9 Å². The van der Waals surface area contributed by atoms with Gasteiger partial charge in [0.1, 0.15) is 11.6 Å². The molecule has 6 aromatic rings. The Kier molecular flexibility index (Phi) is 13.6. The molecule has 0 aliphatic heterocycles. The molecule has 274 valence electrons. The van der Waals surface area contributed by atoms with Crippen molar-refractivity contribution >= 4 is 51.8 Å². The summed E-state index contributed by atoms with van der Waals surface area (Å²) in [6.45, 7) is 4.50. The molecule has 7 heteroatoms. The standard InChI is InChI=1S/C47H47N3O2S2/c1-3-5-7-11-17-36-31-44(54-45(36)42-28-23-34(33-49-42)29-38(32-48)47(51)52)46-37(18-12-8-6-4-2)30-43(53-46)35-24-26-41(27-25-35)50(39-19-13-9-14-20-39)40-21-15-10-16-22-40/h9-10,13-16,19-31,33H,3-8,11-12,17-18H2,1-2H3,(H,51,52). The molecule has 0 atom stereocenters. The molecular formula is C47H47N3O2S2. The number of carbonyl (C=O) groups is 1. The molecule has 0 bridgehead atoms. The van der Waals surface area contributed by atoms with Crippen LogP contribution in [0, 0.1) is 11.3 Å². The summed E-state index contributed by atoms with van der Waals surface area (Å²) in [6, 6.07) is 40.4. The summed E-state index contributed by atoms with van der Waals surface area (Å²) in [6.07, 6.45) is 14.6. The number of thiophene rings is 2. The molecule has 0 radical (unpaired) electrons. The van der Waals surface area contributed by atoms with Crippen LogP contribution in [0.25, 0.3) is 36.8 Å². The molecule has 0 aliphatic carbocycles. The molecule has 0 spiro atoms. The van der Waals surface area contributed by atoms with Crippen molar-refractivity contribution in [1.82, 2.24) is 4.98 Å². The first-order chi connectivity index (χ1) is 26.5. The van der Waals surface area contributed by atoms with Crippen LogP contribution >= 0.6 is 22.7 Å². The van der Waals surface area contributed by atoms with Gasteiger partial charge in [0.25, 0.3) is 0 Å². The minimum Gasteiger partial charge on any atom is -0.477 e. The minimum atomic E-state index is -1.24. The molecule has 6 rings (SSSR count). The highest BCUT2D eigenvalue weighted by molar-refractivity contribution is 7.25. The molecule has 3 heterocycles. The third-order valence-electron chi connectivity index (χ3n) is 9.56. The molecular weight excluding hydrogens is 703 g/mol. The number of para-hydroxylation sites is 2. The Hall–Kier alpha value is -5.29. The molecule has 0 unspecified atom stereocenters. The number of anilines is 3. The summed E-state index contributed by atoms with van der Waals surface area (Å²) in [4.78, 5) is 23.5. The van der Waals surface area contributed by atoms with Crippen LogP contribution in [-0.4, -0.2) is 16.1 Å². The number of aromatic nitrogens is 1. The largest absolute Gasteiger partial charge is 0.477 e. The number of hydrogen-bond acceptors (Lipinski definition) is 6. The van der Waals surface area contributed by atoms with E-state index in [-0.39, 0.29) is 5.57 Å². The first-order valence-corrected chi connectivity index (χ1v) is 20.7. The van der Waals surface area contributed by atoms with Crippen molar-refractivity contribution in [2.45, 2.75) is 78.1 Å². The molecule has 3 aromatic carbocycles. The van der Waals surface area contributed by atoms with Crippen LogP contribution in [0.3, 0.4) is 0 Å². The summed E-state index contributed by atoms with van der Waals surface area (Å²) in [7, 11) is 0. The molecule has 0 saturated heterocycles. The average Bonchev–Trinajstić information content (AvgIpc) is 3.83. The van der Waals surface area contributed by atoms with Crippen LogP contribution in [0.5, 0.6) is 0 Å². The van der Waals surface area contributed by atoms with Gasteiger partial charge in [0.2, 0.25) is 0 Å². The molecule has 54 heavy (non-hydrogen) atoms. The van der Waals surface area contributed by atoms with E-state index in [2.05, 4.69) is 116 Å². The smallest absolute Gasteiger partial charge is 0.346 e. The quantitative estimate of drug-likeness (QED) is 0.0538. The summed E-state index contributed by atoms with van der Waals surface area (Å²) < 4.78 is 0. The summed E-state index contributed by atoms with van der Waals surface area (Å²) in [5.41, 5.74) is 8.45. The molecule has 1 N–H and O–H groups in total. The summed E-state index contributed by atoms with van der Waals surface area (Å²) in [5, 5.41) is 18.6. The minimum absolute atomic E-state index is 0.307. The van der Waals surface area contributed by atoms with Gasteiger partial charge >= 0.3 is 5.97 Å². The highest BCUT2D eigenvalue weighted by Gasteiger charge is 2.20. The van der Waals surface area contributed by atoms with E-state index in [1.54, 1.807) is 23.6 Å². The zero-order chi connectivity index (χ0) is 37.7. The fourth-order valence-electron chi connectivity index (χ4n) is 6.70. The number of nitrogens with zero attached hydrogens (tertiary/aromatic N) is 3. The van der Waals surface area contributed by atoms with Crippen LogP contribution in [0.15, 0.2) is 121 Å². The Morgan fingerprint density at radius 3 is 1.80 bits per heavy atom. The van der Waals surface area contributed by atoms with Crippen molar-refractivity contribution < 1.29 is 9.90 Å². The van der Waals surface area contributed by atoms with Gasteiger partial charge in [-0.2, -0.15) is 5.26 Å². The van der Waals surface area contributed by atoms with Gasteiger partial charge < -0.3 is 10.0 Å². The van der Waals surface area contributed by atoms with Crippen LogP contribution in [-0.2, 0) is 17.6 Å². The predicted molar refractivity (Wildman–Crippen MR) is 228 cm³/mol. The highest BCUT2D eigenvalue weighted by Crippen LogP contribution is 2.46. The van der Waals surface area contributed by atoms with Crippen molar-refractivity contribution in [3.63, 3.8) is 0 Å². The summed E-state index contributed by atoms with van der Waals surface area (Å²) >= 11 is 3.69. The van der Waals surface area contributed by atoms with Gasteiger partial charge in [0.05, 0.1) is 10.6 Å². The van der Waals surface area contributed by atoms with Gasteiger partial charge in [-0.1, -0.05) is 107 Å². The Bertz CT molecular complexity index is 2140. The number of carboxylic acid groups (broad SMARTS) is 1. The Balaban J connectivity index is 1.36. The number of hydrogen-bond donors (Lipinski definition) is 1. The maximum atomic E-state index is 11.4. The second-order valence-electron chi connectivity index (χ2n) is 13.6. The molecule has 0 aliphatic rings. The van der Waals surface area contributed by atoms with Crippen LogP contribution in [0.4, 0.5) is 17.1 Å². The Morgan fingerprint density at radius 2 is 1.26 bits per heavy atom. The van der Waals surface area contributed by atoms with Crippen molar-refractivity contribution in [3.05, 3.63) is 138 Å². The van der Waals surface area contributed by atoms with Gasteiger partial charge in [-0.25, -0.2) is 4.79 Å². The van der Waals surface area contributed by atoms with E-state index in [1.807, 2.05) is 23.5 Å². The summed E-state index contributed by atoms with van der Waals surface area (Å²) in [5.74, 6) is -1.24. The fraction of sp³-hybridized carbons (Fsp3) is 0.255. The number of benzene rings is 3. The third kappa shape index (κ3) is 9.62. The fourth-order valence-corrected chi connectivity index (χ4v) is 9.24. The maximum absolute atomic E-state index is 11.4. The SMILES string of the molecule is CCCCCCc1cc(-c2sc(-c3ccc(N(c4ccccc4)c4ccccc4)cc3)cc2CCCCCC)sc1-c1ccc(C=C(C#N)C(=O)O)cn1. The number of aliphatic carboxylic acids is 1. The second-order valence-corrected chi connectivity index (χ2v) is 15.7. The van der Waals surface area contributed by atoms with Gasteiger partial charge in [0, 0.05) is 37.9 Å². The van der Waals surface area contributed by atoms with Gasteiger partial charge in [0.15, 0.2) is 0 Å². The first kappa shape index (κ1) is 38.4. The van der Waals surface area contributed by atoms with E-state index < -0.39 is 5.97 Å². The number of aryl methyl sites for hydroxylation is 2. The van der Waals surface area contributed by atoms with Crippen molar-refractivity contribution in [1.29, 1.82) is 5.26 Å². The molecule has 0 fully saturated rings. The van der Waals surface area contributed by atoms with E-state index in [9.17, 15) is 15.2 Å². The lowest BCUT2D eigenvalue weighted by atomic mass is 10.0. The molecule has 5 nitrogen and oxygen atoms in total. The number of unbranched alkanes of at least 4 members (excludes halogenated alkanes) is 6. The Labute approximate surface area is 327 Å². The topological polar surface area (TPSA) is 77.2 Å². The van der Waals surface area contributed by atoms with Crippen molar-refractivity contribution in [2.24, 2.45) is 0 Å². The monoisotopic (exact) mass is 749 g/mol. The number of pyridine rings is 1. The number of carboxylic acids is 1. The average molecular weight is 750 g/mol. The highest BCUT2D eigenvalue weighted by atomic mass is 32.1. The van der Waals surface area contributed by atoms with Crippen LogP contribution < -0.4 is 4.90 Å². The van der Waals surface area contributed by atoms with E-state index in [1.165, 1.54) is 82.3 Å². The third-order valence-corrected chi connectivity index (χ3v) is 12.2. The molecule has 0 amide bonds. The van der Waals surface area contributed by atoms with Gasteiger partial charge in [-0.15, -0.1) is 22.7 Å². The molecule has 3 aromatic heterocycles. The van der Waals surface area contributed by atoms with E-state index in [0.29, 0.717) is 5.56 Å². The van der Waals surface area contributed by atoms with Crippen molar-refractivity contribution in [2.75, 3.05) is 4.90 Å². The lowest BCUT2D eigenvalue weighted by molar-refractivity contribution is -0.132. The zero-order valence-electron chi connectivity index (χ0n) is 31.1. The lowest BCUT2D eigenvalue weighted by Gasteiger charge is -2.25. The molecule has 0 saturated carbocycles. The second kappa shape index (κ2) is 19.2. The predicted octanol–water partition coefficient (Wildman–Crippen LogP) is 13.9. The zero-order valence-corrected chi connectivity index (χ0v) is 32.8. The van der Waals surface area contributed by atoms with Crippen LogP contribution in [0.2, 0.25) is 0 Å². The van der Waals surface area contributed by atoms with Gasteiger partial charge in [-0.3, -0.25) is 4.98 Å². The number of nitriles is 1. The van der Waals surface area contributed by atoms with E-state index in [4.69, 9.17) is 4.98 Å². The maximum Gasteiger partial charge on any atom is 0.346 e. The van der Waals surface area contributed by atoms with Gasteiger partial charge in [-0.05, 0) is 109 Å². The van der Waals surface area contributed by atoms with Crippen molar-refractivity contribution in [3.8, 4) is 36.8 Å². The Morgan fingerprint density at radius 1 is 0.704 bits per heavy atom. The van der Waals surface area contributed by atoms with E-state index >= 15 is 0 Å². The first-order valence-electron chi connectivity index (χ1n) is 19.1. The lowest BCUT2D eigenvalue weighted by Crippen LogP contribution is -2.09.